The summed E-state index contributed by atoms with van der Waals surface area (Å²) in [7, 11) is 1.39. The van der Waals surface area contributed by atoms with E-state index in [1.165, 1.54) is 31.3 Å². The number of amides is 3. The van der Waals surface area contributed by atoms with E-state index in [0.29, 0.717) is 5.69 Å². The van der Waals surface area contributed by atoms with Crippen LogP contribution in [0.5, 0.6) is 0 Å². The van der Waals surface area contributed by atoms with E-state index in [1.54, 1.807) is 0 Å². The Kier molecular flexibility index (Phi) is 4.54. The summed E-state index contributed by atoms with van der Waals surface area (Å²) >= 11 is 0.927. The average Bonchev–Trinajstić information content (AvgIpc) is 2.78. The first-order valence-electron chi connectivity index (χ1n) is 7.21. The normalized spacial score (nSPS) is 13.2. The third-order valence-corrected chi connectivity index (χ3v) is 4.67. The molecule has 5 nitrogen and oxygen atoms in total. The highest BCUT2D eigenvalue weighted by molar-refractivity contribution is 8.00. The van der Waals surface area contributed by atoms with Gasteiger partial charge in [-0.05, 0) is 30.3 Å². The molecule has 0 saturated carbocycles. The topological polar surface area (TPSA) is 66.5 Å². The van der Waals surface area contributed by atoms with Crippen LogP contribution in [0.15, 0.2) is 41.3 Å². The van der Waals surface area contributed by atoms with Gasteiger partial charge in [0.25, 0.3) is 11.8 Å². The van der Waals surface area contributed by atoms with Crippen molar-refractivity contribution in [3.8, 4) is 0 Å². The van der Waals surface area contributed by atoms with Crippen molar-refractivity contribution in [2.75, 3.05) is 18.1 Å². The number of carbonyl (C=O) groups excluding carboxylic acids is 3. The minimum atomic E-state index is -0.734. The molecule has 1 N–H and O–H groups in total. The minimum absolute atomic E-state index is 0.0909. The number of halogens is 2. The summed E-state index contributed by atoms with van der Waals surface area (Å²) in [4.78, 5) is 36.9. The Bertz CT molecular complexity index is 901. The van der Waals surface area contributed by atoms with Crippen molar-refractivity contribution in [2.45, 2.75) is 4.90 Å². The Morgan fingerprint density at radius 1 is 1.08 bits per heavy atom. The van der Waals surface area contributed by atoms with Crippen molar-refractivity contribution in [2.24, 2.45) is 0 Å². The molecular formula is C17H12F2N2O3S. The van der Waals surface area contributed by atoms with Crippen LogP contribution >= 0.6 is 11.8 Å². The molecule has 0 fully saturated rings. The van der Waals surface area contributed by atoms with Gasteiger partial charge in [0.15, 0.2) is 0 Å². The lowest BCUT2D eigenvalue weighted by Gasteiger charge is -2.07. The van der Waals surface area contributed by atoms with Crippen LogP contribution in [-0.2, 0) is 4.79 Å². The van der Waals surface area contributed by atoms with Crippen LogP contribution in [0.4, 0.5) is 14.5 Å². The molecular weight excluding hydrogens is 350 g/mol. The maximum atomic E-state index is 13.5. The molecule has 8 heteroatoms. The first-order valence-corrected chi connectivity index (χ1v) is 8.19. The number of imide groups is 1. The largest absolute Gasteiger partial charge is 0.325 e. The van der Waals surface area contributed by atoms with Gasteiger partial charge in [-0.1, -0.05) is 0 Å². The van der Waals surface area contributed by atoms with E-state index in [-0.39, 0.29) is 27.7 Å². The zero-order valence-corrected chi connectivity index (χ0v) is 13.8. The van der Waals surface area contributed by atoms with Crippen LogP contribution in [0, 0.1) is 11.6 Å². The fourth-order valence-corrected chi connectivity index (χ4v) is 3.09. The van der Waals surface area contributed by atoms with E-state index < -0.39 is 23.4 Å². The SMILES string of the molecule is CN1C(=O)c2ccc(NC(=O)CSc3ccc(F)cc3F)cc2C1=O. The summed E-state index contributed by atoms with van der Waals surface area (Å²) in [6.07, 6.45) is 0. The van der Waals surface area contributed by atoms with Crippen molar-refractivity contribution < 1.29 is 23.2 Å². The molecule has 1 aliphatic rings. The lowest BCUT2D eigenvalue weighted by Crippen LogP contribution is -2.24. The lowest BCUT2D eigenvalue weighted by molar-refractivity contribution is -0.113. The van der Waals surface area contributed by atoms with Crippen LogP contribution in [0.25, 0.3) is 0 Å². The Hall–Kier alpha value is -2.74. The van der Waals surface area contributed by atoms with E-state index in [1.807, 2.05) is 0 Å². The number of thioether (sulfide) groups is 1. The van der Waals surface area contributed by atoms with Crippen LogP contribution in [0.2, 0.25) is 0 Å². The van der Waals surface area contributed by atoms with Gasteiger partial charge in [0, 0.05) is 23.7 Å². The summed E-state index contributed by atoms with van der Waals surface area (Å²) in [6.45, 7) is 0. The number of hydrogen-bond donors (Lipinski definition) is 1. The number of hydrogen-bond acceptors (Lipinski definition) is 4. The zero-order valence-electron chi connectivity index (χ0n) is 13.0. The molecule has 3 amide bonds. The summed E-state index contributed by atoms with van der Waals surface area (Å²) in [6, 6.07) is 7.55. The average molecular weight is 362 g/mol. The molecule has 0 unspecified atom stereocenters. The van der Waals surface area contributed by atoms with E-state index in [0.717, 1.165) is 28.8 Å². The summed E-state index contributed by atoms with van der Waals surface area (Å²) in [5.74, 6) is -2.75. The maximum Gasteiger partial charge on any atom is 0.261 e. The van der Waals surface area contributed by atoms with Gasteiger partial charge in [-0.25, -0.2) is 8.78 Å². The Labute approximate surface area is 146 Å². The zero-order chi connectivity index (χ0) is 18.1. The highest BCUT2D eigenvalue weighted by atomic mass is 32.2. The Morgan fingerprint density at radius 3 is 2.52 bits per heavy atom. The third kappa shape index (κ3) is 3.39. The van der Waals surface area contributed by atoms with Crippen LogP contribution in [0.3, 0.4) is 0 Å². The second-order valence-electron chi connectivity index (χ2n) is 5.34. The van der Waals surface area contributed by atoms with Crippen molar-refractivity contribution >= 4 is 35.2 Å². The fourth-order valence-electron chi connectivity index (χ4n) is 2.37. The molecule has 0 atom stereocenters. The number of fused-ring (bicyclic) bond motifs is 1. The van der Waals surface area contributed by atoms with E-state index in [4.69, 9.17) is 0 Å². The van der Waals surface area contributed by atoms with Crippen molar-refractivity contribution in [3.63, 3.8) is 0 Å². The summed E-state index contributed by atoms with van der Waals surface area (Å²) < 4.78 is 26.4. The molecule has 0 saturated heterocycles. The first kappa shape index (κ1) is 17.1. The number of carbonyl (C=O) groups is 3. The van der Waals surface area contributed by atoms with Gasteiger partial charge in [0.1, 0.15) is 11.6 Å². The first-order chi connectivity index (χ1) is 11.9. The van der Waals surface area contributed by atoms with Crippen molar-refractivity contribution in [1.29, 1.82) is 0 Å². The minimum Gasteiger partial charge on any atom is -0.325 e. The molecule has 1 aliphatic heterocycles. The van der Waals surface area contributed by atoms with Crippen molar-refractivity contribution in [1.82, 2.24) is 4.90 Å². The number of anilines is 1. The molecule has 0 bridgehead atoms. The quantitative estimate of drug-likeness (QED) is 0.671. The molecule has 2 aromatic carbocycles. The van der Waals surface area contributed by atoms with Gasteiger partial charge in [-0.15, -0.1) is 11.8 Å². The van der Waals surface area contributed by atoms with Gasteiger partial charge in [0.2, 0.25) is 5.91 Å². The van der Waals surface area contributed by atoms with E-state index in [9.17, 15) is 23.2 Å². The Balaban J connectivity index is 1.66. The molecule has 0 aliphatic carbocycles. The number of nitrogens with one attached hydrogen (secondary N) is 1. The monoisotopic (exact) mass is 362 g/mol. The van der Waals surface area contributed by atoms with Crippen LogP contribution in [-0.4, -0.2) is 35.4 Å². The van der Waals surface area contributed by atoms with Gasteiger partial charge in [-0.3, -0.25) is 19.3 Å². The molecule has 0 radical (unpaired) electrons. The number of nitrogens with zero attached hydrogens (tertiary/aromatic N) is 1. The molecule has 1 heterocycles. The molecule has 25 heavy (non-hydrogen) atoms. The maximum absolute atomic E-state index is 13.5. The second kappa shape index (κ2) is 6.64. The Morgan fingerprint density at radius 2 is 1.80 bits per heavy atom. The highest BCUT2D eigenvalue weighted by Crippen LogP contribution is 2.26. The molecule has 2 aromatic rings. The molecule has 3 rings (SSSR count). The third-order valence-electron chi connectivity index (χ3n) is 3.63. The van der Waals surface area contributed by atoms with Crippen LogP contribution in [0.1, 0.15) is 20.7 Å². The van der Waals surface area contributed by atoms with Gasteiger partial charge >= 0.3 is 0 Å². The number of benzene rings is 2. The highest BCUT2D eigenvalue weighted by Gasteiger charge is 2.32. The van der Waals surface area contributed by atoms with E-state index in [2.05, 4.69) is 5.32 Å². The second-order valence-corrected chi connectivity index (χ2v) is 6.36. The predicted octanol–water partition coefficient (Wildman–Crippen LogP) is 2.92. The summed E-state index contributed by atoms with van der Waals surface area (Å²) in [5.41, 5.74) is 0.871. The molecule has 0 spiro atoms. The van der Waals surface area contributed by atoms with Gasteiger partial charge < -0.3 is 5.32 Å². The summed E-state index contributed by atoms with van der Waals surface area (Å²) in [5, 5.41) is 2.58. The van der Waals surface area contributed by atoms with Crippen molar-refractivity contribution in [3.05, 3.63) is 59.2 Å². The lowest BCUT2D eigenvalue weighted by atomic mass is 10.1. The smallest absolute Gasteiger partial charge is 0.261 e. The van der Waals surface area contributed by atoms with Gasteiger partial charge in [-0.2, -0.15) is 0 Å². The predicted molar refractivity (Wildman–Crippen MR) is 88.6 cm³/mol. The van der Waals surface area contributed by atoms with E-state index >= 15 is 0 Å². The molecule has 0 aromatic heterocycles. The molecule has 128 valence electrons. The number of rotatable bonds is 4. The fraction of sp³-hybridized carbons (Fsp3) is 0.118. The standard InChI is InChI=1S/C17H12F2N2O3S/c1-21-16(23)11-4-3-10(7-12(11)17(21)24)20-15(22)8-25-14-5-2-9(18)6-13(14)19/h2-7H,8H2,1H3,(H,20,22). The van der Waals surface area contributed by atoms with Crippen LogP contribution < -0.4 is 5.32 Å². The van der Waals surface area contributed by atoms with Gasteiger partial charge in [0.05, 0.1) is 16.9 Å².